The lowest BCUT2D eigenvalue weighted by Crippen LogP contribution is -2.43. The normalized spacial score (nSPS) is 15.6. The van der Waals surface area contributed by atoms with E-state index in [-0.39, 0.29) is 18.1 Å². The van der Waals surface area contributed by atoms with Crippen molar-refractivity contribution in [3.05, 3.63) is 35.7 Å². The van der Waals surface area contributed by atoms with Gasteiger partial charge in [0, 0.05) is 19.1 Å². The van der Waals surface area contributed by atoms with E-state index in [1.807, 2.05) is 49.9 Å². The van der Waals surface area contributed by atoms with Crippen LogP contribution in [0.3, 0.4) is 0 Å². The molecule has 134 valence electrons. The third-order valence-corrected chi connectivity index (χ3v) is 4.38. The van der Waals surface area contributed by atoms with E-state index >= 15 is 0 Å². The standard InChI is InChI=1S/C18H25N5O2/c1-12(2)25-16-6-4-15(5-7-16)23-13(3)17(20-21-23)18(24)22-10-8-14(19)9-11-22/h4-7,12,14H,8-11,19H2,1-3H3. The topological polar surface area (TPSA) is 86.3 Å². The molecule has 2 heterocycles. The number of rotatable bonds is 4. The van der Waals surface area contributed by atoms with Crippen LogP contribution in [-0.2, 0) is 0 Å². The van der Waals surface area contributed by atoms with Gasteiger partial charge in [0.15, 0.2) is 5.69 Å². The van der Waals surface area contributed by atoms with E-state index in [4.69, 9.17) is 10.5 Å². The number of hydrogen-bond donors (Lipinski definition) is 1. The molecule has 0 spiro atoms. The minimum atomic E-state index is -0.0737. The summed E-state index contributed by atoms with van der Waals surface area (Å²) >= 11 is 0. The molecule has 2 N–H and O–H groups in total. The summed E-state index contributed by atoms with van der Waals surface area (Å²) in [7, 11) is 0. The first-order valence-electron chi connectivity index (χ1n) is 8.70. The number of hydrogen-bond acceptors (Lipinski definition) is 5. The second-order valence-electron chi connectivity index (χ2n) is 6.73. The molecular weight excluding hydrogens is 318 g/mol. The van der Waals surface area contributed by atoms with Crippen LogP contribution in [0.4, 0.5) is 0 Å². The number of nitrogens with two attached hydrogens (primary N) is 1. The SMILES string of the molecule is Cc1c(C(=O)N2CCC(N)CC2)nnn1-c1ccc(OC(C)C)cc1. The van der Waals surface area contributed by atoms with Crippen LogP contribution >= 0.6 is 0 Å². The van der Waals surface area contributed by atoms with Crippen LogP contribution < -0.4 is 10.5 Å². The van der Waals surface area contributed by atoms with Crippen molar-refractivity contribution in [2.24, 2.45) is 5.73 Å². The van der Waals surface area contributed by atoms with Gasteiger partial charge in [-0.15, -0.1) is 5.10 Å². The zero-order valence-electron chi connectivity index (χ0n) is 15.0. The second-order valence-corrected chi connectivity index (χ2v) is 6.73. The maximum Gasteiger partial charge on any atom is 0.276 e. The average Bonchev–Trinajstić information content (AvgIpc) is 2.97. The Balaban J connectivity index is 1.77. The summed E-state index contributed by atoms with van der Waals surface area (Å²) in [6.07, 6.45) is 1.78. The molecule has 7 nitrogen and oxygen atoms in total. The van der Waals surface area contributed by atoms with Gasteiger partial charge in [-0.25, -0.2) is 4.68 Å². The van der Waals surface area contributed by atoms with E-state index in [1.165, 1.54) is 0 Å². The van der Waals surface area contributed by atoms with E-state index < -0.39 is 0 Å². The van der Waals surface area contributed by atoms with E-state index in [9.17, 15) is 4.79 Å². The summed E-state index contributed by atoms with van der Waals surface area (Å²) in [5, 5.41) is 8.28. The molecule has 1 amide bonds. The molecule has 0 radical (unpaired) electrons. The molecule has 1 aliphatic rings. The highest BCUT2D eigenvalue weighted by molar-refractivity contribution is 5.93. The number of benzene rings is 1. The van der Waals surface area contributed by atoms with Crippen molar-refractivity contribution < 1.29 is 9.53 Å². The maximum absolute atomic E-state index is 12.7. The highest BCUT2D eigenvalue weighted by Gasteiger charge is 2.26. The van der Waals surface area contributed by atoms with Crippen LogP contribution in [0.1, 0.15) is 42.9 Å². The van der Waals surface area contributed by atoms with Crippen molar-refractivity contribution in [2.45, 2.75) is 45.8 Å². The van der Waals surface area contributed by atoms with Crippen LogP contribution in [0.2, 0.25) is 0 Å². The van der Waals surface area contributed by atoms with E-state index in [2.05, 4.69) is 10.3 Å². The Morgan fingerprint density at radius 2 is 1.88 bits per heavy atom. The fraction of sp³-hybridized carbons (Fsp3) is 0.500. The van der Waals surface area contributed by atoms with Gasteiger partial charge < -0.3 is 15.4 Å². The van der Waals surface area contributed by atoms with Crippen LogP contribution in [0, 0.1) is 6.92 Å². The van der Waals surface area contributed by atoms with Gasteiger partial charge in [-0.2, -0.15) is 0 Å². The third kappa shape index (κ3) is 3.82. The van der Waals surface area contributed by atoms with Gasteiger partial charge in [0.05, 0.1) is 17.5 Å². The minimum absolute atomic E-state index is 0.0737. The van der Waals surface area contributed by atoms with Crippen molar-refractivity contribution in [1.29, 1.82) is 0 Å². The first kappa shape index (κ1) is 17.4. The molecule has 0 unspecified atom stereocenters. The monoisotopic (exact) mass is 343 g/mol. The Morgan fingerprint density at radius 1 is 1.24 bits per heavy atom. The number of carbonyl (C=O) groups is 1. The first-order chi connectivity index (χ1) is 12.0. The third-order valence-electron chi connectivity index (χ3n) is 4.38. The molecule has 7 heteroatoms. The first-order valence-corrected chi connectivity index (χ1v) is 8.70. The van der Waals surface area contributed by atoms with Gasteiger partial charge in [0.1, 0.15) is 5.75 Å². The molecular formula is C18H25N5O2. The Morgan fingerprint density at radius 3 is 2.48 bits per heavy atom. The van der Waals surface area contributed by atoms with Crippen LogP contribution in [-0.4, -0.2) is 51.0 Å². The molecule has 1 aromatic carbocycles. The highest BCUT2D eigenvalue weighted by Crippen LogP contribution is 2.19. The van der Waals surface area contributed by atoms with Crippen LogP contribution in [0.5, 0.6) is 5.75 Å². The van der Waals surface area contributed by atoms with Gasteiger partial charge >= 0.3 is 0 Å². The summed E-state index contributed by atoms with van der Waals surface area (Å²) < 4.78 is 7.33. The molecule has 1 fully saturated rings. The number of likely N-dealkylation sites (tertiary alicyclic amines) is 1. The minimum Gasteiger partial charge on any atom is -0.491 e. The van der Waals surface area contributed by atoms with Crippen LogP contribution in [0.15, 0.2) is 24.3 Å². The van der Waals surface area contributed by atoms with Gasteiger partial charge in [0.2, 0.25) is 0 Å². The van der Waals surface area contributed by atoms with Crippen molar-refractivity contribution >= 4 is 5.91 Å². The Hall–Kier alpha value is -2.41. The molecule has 1 aromatic heterocycles. The number of piperidine rings is 1. The van der Waals surface area contributed by atoms with Gasteiger partial charge in [0.25, 0.3) is 5.91 Å². The van der Waals surface area contributed by atoms with E-state index in [0.29, 0.717) is 18.8 Å². The number of nitrogens with zero attached hydrogens (tertiary/aromatic N) is 4. The van der Waals surface area contributed by atoms with Crippen molar-refractivity contribution in [3.8, 4) is 11.4 Å². The van der Waals surface area contributed by atoms with Gasteiger partial charge in [-0.3, -0.25) is 4.79 Å². The molecule has 2 aromatic rings. The van der Waals surface area contributed by atoms with Crippen molar-refractivity contribution in [1.82, 2.24) is 19.9 Å². The second kappa shape index (κ2) is 7.23. The molecule has 25 heavy (non-hydrogen) atoms. The largest absolute Gasteiger partial charge is 0.491 e. The fourth-order valence-electron chi connectivity index (χ4n) is 2.96. The number of aromatic nitrogens is 3. The highest BCUT2D eigenvalue weighted by atomic mass is 16.5. The zero-order chi connectivity index (χ0) is 18.0. The number of carbonyl (C=O) groups excluding carboxylic acids is 1. The lowest BCUT2D eigenvalue weighted by molar-refractivity contribution is 0.0708. The number of ether oxygens (including phenoxy) is 1. The van der Waals surface area contributed by atoms with E-state index in [1.54, 1.807) is 4.68 Å². The molecule has 0 atom stereocenters. The Kier molecular flexibility index (Phi) is 5.03. The average molecular weight is 343 g/mol. The Bertz CT molecular complexity index is 730. The summed E-state index contributed by atoms with van der Waals surface area (Å²) in [4.78, 5) is 14.5. The maximum atomic E-state index is 12.7. The smallest absolute Gasteiger partial charge is 0.276 e. The Labute approximate surface area is 147 Å². The summed E-state index contributed by atoms with van der Waals surface area (Å²) in [5.41, 5.74) is 7.89. The molecule has 0 saturated carbocycles. The van der Waals surface area contributed by atoms with Gasteiger partial charge in [-0.1, -0.05) is 5.21 Å². The predicted molar refractivity (Wildman–Crippen MR) is 95.0 cm³/mol. The summed E-state index contributed by atoms with van der Waals surface area (Å²) in [6.45, 7) is 7.18. The predicted octanol–water partition coefficient (Wildman–Crippen LogP) is 1.93. The molecule has 0 aliphatic carbocycles. The molecule has 3 rings (SSSR count). The quantitative estimate of drug-likeness (QED) is 0.916. The van der Waals surface area contributed by atoms with E-state index in [0.717, 1.165) is 30.0 Å². The van der Waals surface area contributed by atoms with Gasteiger partial charge in [-0.05, 0) is 57.9 Å². The zero-order valence-corrected chi connectivity index (χ0v) is 15.0. The van der Waals surface area contributed by atoms with Crippen molar-refractivity contribution in [3.63, 3.8) is 0 Å². The molecule has 1 saturated heterocycles. The van der Waals surface area contributed by atoms with Crippen LogP contribution in [0.25, 0.3) is 5.69 Å². The lowest BCUT2D eigenvalue weighted by atomic mass is 10.1. The fourth-order valence-corrected chi connectivity index (χ4v) is 2.96. The lowest BCUT2D eigenvalue weighted by Gasteiger charge is -2.29. The molecule has 1 aliphatic heterocycles. The summed E-state index contributed by atoms with van der Waals surface area (Å²) in [6, 6.07) is 7.79. The number of amides is 1. The van der Waals surface area contributed by atoms with Crippen molar-refractivity contribution in [2.75, 3.05) is 13.1 Å². The molecule has 0 bridgehead atoms. The summed E-state index contributed by atoms with van der Waals surface area (Å²) in [5.74, 6) is 0.730.